The molecule has 0 fully saturated rings. The summed E-state index contributed by atoms with van der Waals surface area (Å²) in [6.07, 6.45) is 6.68. The molecule has 0 aliphatic rings. The molecular weight excluding hydrogens is 134 g/mol. The van der Waals surface area contributed by atoms with E-state index in [9.17, 15) is 0 Å². The fourth-order valence-corrected chi connectivity index (χ4v) is 1.16. The molecule has 1 heteroatoms. The van der Waals surface area contributed by atoms with Crippen molar-refractivity contribution in [3.63, 3.8) is 0 Å². The van der Waals surface area contributed by atoms with Crippen molar-refractivity contribution in [2.75, 3.05) is 0 Å². The fourth-order valence-electron chi connectivity index (χ4n) is 1.16. The average molecular weight is 155 g/mol. The molecule has 0 heterocycles. The van der Waals surface area contributed by atoms with E-state index < -0.39 is 0 Å². The zero-order valence-corrected chi connectivity index (χ0v) is 7.84. The molecule has 0 bridgehead atoms. The summed E-state index contributed by atoms with van der Waals surface area (Å²) in [6, 6.07) is 0.319. The van der Waals surface area contributed by atoms with Crippen LogP contribution in [0.25, 0.3) is 0 Å². The number of unbranched alkanes of at least 4 members (excludes halogenated alkanes) is 1. The van der Waals surface area contributed by atoms with Crippen LogP contribution in [0.15, 0.2) is 12.7 Å². The van der Waals surface area contributed by atoms with Gasteiger partial charge in [-0.1, -0.05) is 32.8 Å². The Labute approximate surface area is 70.7 Å². The van der Waals surface area contributed by atoms with Crippen molar-refractivity contribution in [1.29, 1.82) is 0 Å². The third kappa shape index (κ3) is 5.02. The van der Waals surface area contributed by atoms with Gasteiger partial charge in [0.15, 0.2) is 0 Å². The van der Waals surface area contributed by atoms with E-state index in [2.05, 4.69) is 20.4 Å². The topological polar surface area (TPSA) is 26.0 Å². The van der Waals surface area contributed by atoms with Gasteiger partial charge in [0.25, 0.3) is 0 Å². The van der Waals surface area contributed by atoms with E-state index in [-0.39, 0.29) is 0 Å². The van der Waals surface area contributed by atoms with Crippen molar-refractivity contribution < 1.29 is 0 Å². The summed E-state index contributed by atoms with van der Waals surface area (Å²) in [5, 5.41) is 0. The lowest BCUT2D eigenvalue weighted by molar-refractivity contribution is 0.415. The molecule has 11 heavy (non-hydrogen) atoms. The van der Waals surface area contributed by atoms with E-state index in [0.29, 0.717) is 12.0 Å². The Hall–Kier alpha value is -0.300. The summed E-state index contributed by atoms with van der Waals surface area (Å²) in [6.45, 7) is 8.12. The van der Waals surface area contributed by atoms with E-state index >= 15 is 0 Å². The quantitative estimate of drug-likeness (QED) is 0.586. The highest BCUT2D eigenvalue weighted by atomic mass is 14.6. The molecule has 0 aromatic heterocycles. The van der Waals surface area contributed by atoms with E-state index in [4.69, 9.17) is 5.73 Å². The summed E-state index contributed by atoms with van der Waals surface area (Å²) in [7, 11) is 0. The van der Waals surface area contributed by atoms with Crippen molar-refractivity contribution in [2.45, 2.75) is 45.6 Å². The lowest BCUT2D eigenvalue weighted by Crippen LogP contribution is -2.27. The monoisotopic (exact) mass is 155 g/mol. The SMILES string of the molecule is C=CCC(N)C(C)CCCC. The van der Waals surface area contributed by atoms with Gasteiger partial charge < -0.3 is 5.73 Å². The smallest absolute Gasteiger partial charge is 0.00991 e. The first kappa shape index (κ1) is 10.7. The molecule has 66 valence electrons. The predicted octanol–water partition coefficient (Wildman–Crippen LogP) is 2.72. The van der Waals surface area contributed by atoms with Crippen molar-refractivity contribution in [3.05, 3.63) is 12.7 Å². The number of rotatable bonds is 6. The van der Waals surface area contributed by atoms with Crippen LogP contribution in [0.2, 0.25) is 0 Å². The average Bonchev–Trinajstić information content (AvgIpc) is 2.00. The highest BCUT2D eigenvalue weighted by Crippen LogP contribution is 2.12. The second kappa shape index (κ2) is 6.41. The van der Waals surface area contributed by atoms with Crippen LogP contribution in [0.3, 0.4) is 0 Å². The minimum atomic E-state index is 0.319. The Balaban J connectivity index is 3.45. The molecule has 0 aromatic rings. The van der Waals surface area contributed by atoms with Crippen LogP contribution in [0.1, 0.15) is 39.5 Å². The zero-order valence-electron chi connectivity index (χ0n) is 7.84. The van der Waals surface area contributed by atoms with E-state index in [1.807, 2.05) is 6.08 Å². The van der Waals surface area contributed by atoms with Gasteiger partial charge in [-0.3, -0.25) is 0 Å². The van der Waals surface area contributed by atoms with Gasteiger partial charge in [0.05, 0.1) is 0 Å². The second-order valence-corrected chi connectivity index (χ2v) is 3.31. The van der Waals surface area contributed by atoms with Crippen LogP contribution >= 0.6 is 0 Å². The van der Waals surface area contributed by atoms with Crippen molar-refractivity contribution in [1.82, 2.24) is 0 Å². The molecule has 2 N–H and O–H groups in total. The largest absolute Gasteiger partial charge is 0.327 e. The third-order valence-electron chi connectivity index (χ3n) is 2.18. The van der Waals surface area contributed by atoms with Gasteiger partial charge in [-0.25, -0.2) is 0 Å². The Morgan fingerprint density at radius 3 is 2.64 bits per heavy atom. The molecule has 0 spiro atoms. The van der Waals surface area contributed by atoms with Gasteiger partial charge in [-0.05, 0) is 18.8 Å². The first-order valence-electron chi connectivity index (χ1n) is 4.58. The van der Waals surface area contributed by atoms with Gasteiger partial charge >= 0.3 is 0 Å². The molecular formula is C10H21N. The molecule has 1 nitrogen and oxygen atoms in total. The van der Waals surface area contributed by atoms with Crippen molar-refractivity contribution in [2.24, 2.45) is 11.7 Å². The number of nitrogens with two attached hydrogens (primary N) is 1. The third-order valence-corrected chi connectivity index (χ3v) is 2.18. The summed E-state index contributed by atoms with van der Waals surface area (Å²) >= 11 is 0. The van der Waals surface area contributed by atoms with E-state index in [1.54, 1.807) is 0 Å². The predicted molar refractivity (Wildman–Crippen MR) is 51.5 cm³/mol. The van der Waals surface area contributed by atoms with Crippen LogP contribution < -0.4 is 5.73 Å². The molecule has 2 unspecified atom stereocenters. The zero-order chi connectivity index (χ0) is 8.69. The minimum Gasteiger partial charge on any atom is -0.327 e. The normalized spacial score (nSPS) is 15.9. The maximum Gasteiger partial charge on any atom is 0.00991 e. The first-order chi connectivity index (χ1) is 5.22. The molecule has 0 radical (unpaired) electrons. The second-order valence-electron chi connectivity index (χ2n) is 3.31. The summed E-state index contributed by atoms with van der Waals surface area (Å²) < 4.78 is 0. The molecule has 0 rings (SSSR count). The summed E-state index contributed by atoms with van der Waals surface area (Å²) in [4.78, 5) is 0. The highest BCUT2D eigenvalue weighted by Gasteiger charge is 2.09. The van der Waals surface area contributed by atoms with Crippen LogP contribution in [0, 0.1) is 5.92 Å². The van der Waals surface area contributed by atoms with Crippen molar-refractivity contribution >= 4 is 0 Å². The van der Waals surface area contributed by atoms with Crippen LogP contribution in [-0.4, -0.2) is 6.04 Å². The van der Waals surface area contributed by atoms with Gasteiger partial charge in [0.1, 0.15) is 0 Å². The molecule has 0 saturated heterocycles. The summed E-state index contributed by atoms with van der Waals surface area (Å²) in [5.74, 6) is 0.646. The maximum atomic E-state index is 5.90. The van der Waals surface area contributed by atoms with Gasteiger partial charge in [0.2, 0.25) is 0 Å². The summed E-state index contributed by atoms with van der Waals surface area (Å²) in [5.41, 5.74) is 5.90. The molecule has 2 atom stereocenters. The molecule has 0 saturated carbocycles. The molecule has 0 amide bonds. The van der Waals surface area contributed by atoms with Crippen molar-refractivity contribution in [3.8, 4) is 0 Å². The van der Waals surface area contributed by atoms with Gasteiger partial charge in [-0.15, -0.1) is 6.58 Å². The van der Waals surface area contributed by atoms with Crippen LogP contribution in [0.5, 0.6) is 0 Å². The first-order valence-corrected chi connectivity index (χ1v) is 4.58. The molecule has 0 aliphatic heterocycles. The fraction of sp³-hybridized carbons (Fsp3) is 0.800. The lowest BCUT2D eigenvalue weighted by Gasteiger charge is -2.17. The number of hydrogen-bond donors (Lipinski definition) is 1. The minimum absolute atomic E-state index is 0.319. The Morgan fingerprint density at radius 1 is 1.55 bits per heavy atom. The molecule has 0 aromatic carbocycles. The lowest BCUT2D eigenvalue weighted by atomic mass is 9.94. The highest BCUT2D eigenvalue weighted by molar-refractivity contribution is 4.78. The van der Waals surface area contributed by atoms with Crippen LogP contribution in [0.4, 0.5) is 0 Å². The number of hydrogen-bond acceptors (Lipinski definition) is 1. The maximum absolute atomic E-state index is 5.90. The Kier molecular flexibility index (Phi) is 6.24. The van der Waals surface area contributed by atoms with Gasteiger partial charge in [-0.2, -0.15) is 0 Å². The van der Waals surface area contributed by atoms with Crippen LogP contribution in [-0.2, 0) is 0 Å². The Morgan fingerprint density at radius 2 is 2.18 bits per heavy atom. The standard InChI is InChI=1S/C10H21N/c1-4-6-8-9(3)10(11)7-5-2/h5,9-10H,2,4,6-8,11H2,1,3H3. The van der Waals surface area contributed by atoms with Gasteiger partial charge in [0, 0.05) is 6.04 Å². The Bertz CT molecular complexity index is 99.0. The van der Waals surface area contributed by atoms with E-state index in [0.717, 1.165) is 6.42 Å². The van der Waals surface area contributed by atoms with E-state index in [1.165, 1.54) is 19.3 Å². The molecule has 0 aliphatic carbocycles.